The maximum Gasteiger partial charge on any atom is 0.420 e. The fourth-order valence-electron chi connectivity index (χ4n) is 1.80. The number of alkyl halides is 3. The number of carbonyl (C=O) groups excluding carboxylic acids is 1. The molecule has 0 radical (unpaired) electrons. The van der Waals surface area contributed by atoms with Crippen LogP contribution in [0.2, 0.25) is 5.15 Å². The second-order valence-electron chi connectivity index (χ2n) is 6.23. The van der Waals surface area contributed by atoms with Gasteiger partial charge in [0.1, 0.15) is 16.3 Å². The van der Waals surface area contributed by atoms with Gasteiger partial charge in [-0.15, -0.1) is 0 Å². The van der Waals surface area contributed by atoms with Crippen molar-refractivity contribution in [1.82, 2.24) is 9.97 Å². The summed E-state index contributed by atoms with van der Waals surface area (Å²) in [6.45, 7) is 5.23. The predicted molar refractivity (Wildman–Crippen MR) is 91.6 cm³/mol. The van der Waals surface area contributed by atoms with E-state index in [0.717, 1.165) is 0 Å². The number of aromatic nitrogens is 2. The van der Waals surface area contributed by atoms with E-state index >= 15 is 0 Å². The molecule has 1 amide bonds. The van der Waals surface area contributed by atoms with Gasteiger partial charge in [-0.05, 0) is 45.0 Å². The van der Waals surface area contributed by atoms with Crippen molar-refractivity contribution >= 4 is 35.0 Å². The van der Waals surface area contributed by atoms with Crippen LogP contribution < -0.4 is 10.6 Å². The number of ether oxygens (including phenoxy) is 1. The van der Waals surface area contributed by atoms with E-state index in [4.69, 9.17) is 16.3 Å². The SMILES string of the molecule is CC(C)(C)OC(=O)Nc1ccc(Nc2ncc(C(F)(F)F)c(Cl)n2)cc1. The maximum atomic E-state index is 12.6. The second-order valence-corrected chi connectivity index (χ2v) is 6.58. The Morgan fingerprint density at radius 2 is 1.69 bits per heavy atom. The standard InChI is InChI=1S/C16H16ClF3N4O2/c1-15(2,3)26-14(25)23-10-6-4-9(5-7-10)22-13-21-8-11(12(17)24-13)16(18,19)20/h4-8H,1-3H3,(H,23,25)(H,21,22,24). The molecule has 0 aliphatic rings. The molecule has 1 aromatic carbocycles. The molecule has 0 bridgehead atoms. The molecular formula is C16H16ClF3N4O2. The van der Waals surface area contributed by atoms with Gasteiger partial charge in [-0.25, -0.2) is 14.8 Å². The minimum atomic E-state index is -4.62. The number of rotatable bonds is 3. The van der Waals surface area contributed by atoms with E-state index in [1.807, 2.05) is 0 Å². The summed E-state index contributed by atoms with van der Waals surface area (Å²) in [5, 5.41) is 4.58. The first-order valence-corrected chi connectivity index (χ1v) is 7.79. The maximum absolute atomic E-state index is 12.6. The first kappa shape index (κ1) is 19.8. The second kappa shape index (κ2) is 7.36. The van der Waals surface area contributed by atoms with Gasteiger partial charge >= 0.3 is 12.3 Å². The van der Waals surface area contributed by atoms with Crippen molar-refractivity contribution in [2.75, 3.05) is 10.6 Å². The van der Waals surface area contributed by atoms with Crippen molar-refractivity contribution < 1.29 is 22.7 Å². The van der Waals surface area contributed by atoms with Crippen LogP contribution in [0.5, 0.6) is 0 Å². The zero-order valence-corrected chi connectivity index (χ0v) is 14.9. The predicted octanol–water partition coefficient (Wildman–Crippen LogP) is 5.24. The topological polar surface area (TPSA) is 76.1 Å². The van der Waals surface area contributed by atoms with E-state index in [0.29, 0.717) is 17.6 Å². The number of hydrogen-bond donors (Lipinski definition) is 2. The van der Waals surface area contributed by atoms with E-state index < -0.39 is 28.6 Å². The first-order chi connectivity index (χ1) is 11.9. The number of halogens is 4. The molecule has 0 aliphatic carbocycles. The molecule has 0 unspecified atom stereocenters. The van der Waals surface area contributed by atoms with Crippen LogP contribution >= 0.6 is 11.6 Å². The van der Waals surface area contributed by atoms with E-state index in [1.165, 1.54) is 0 Å². The molecule has 2 aromatic rings. The molecule has 0 atom stereocenters. The van der Waals surface area contributed by atoms with Gasteiger partial charge in [0.05, 0.1) is 0 Å². The smallest absolute Gasteiger partial charge is 0.420 e. The Kier molecular flexibility index (Phi) is 5.60. The summed E-state index contributed by atoms with van der Waals surface area (Å²) >= 11 is 5.54. The molecule has 10 heteroatoms. The number of nitrogens with one attached hydrogen (secondary N) is 2. The van der Waals surface area contributed by atoms with Crippen molar-refractivity contribution in [2.45, 2.75) is 32.5 Å². The van der Waals surface area contributed by atoms with Gasteiger partial charge in [0.25, 0.3) is 0 Å². The molecule has 0 saturated carbocycles. The average Bonchev–Trinajstić information content (AvgIpc) is 2.46. The van der Waals surface area contributed by atoms with Gasteiger partial charge < -0.3 is 10.1 Å². The van der Waals surface area contributed by atoms with Gasteiger partial charge in [-0.2, -0.15) is 13.2 Å². The monoisotopic (exact) mass is 388 g/mol. The number of nitrogens with zero attached hydrogens (tertiary/aromatic N) is 2. The van der Waals surface area contributed by atoms with Gasteiger partial charge in [0.15, 0.2) is 0 Å². The highest BCUT2D eigenvalue weighted by atomic mass is 35.5. The highest BCUT2D eigenvalue weighted by molar-refractivity contribution is 6.30. The quantitative estimate of drug-likeness (QED) is 0.703. The Morgan fingerprint density at radius 1 is 1.12 bits per heavy atom. The van der Waals surface area contributed by atoms with Crippen LogP contribution in [0, 0.1) is 0 Å². The minimum absolute atomic E-state index is 0.0872. The zero-order valence-electron chi connectivity index (χ0n) is 14.1. The Hall–Kier alpha value is -2.55. The van der Waals surface area contributed by atoms with Gasteiger partial charge in [-0.3, -0.25) is 5.32 Å². The largest absolute Gasteiger partial charge is 0.444 e. The lowest BCUT2D eigenvalue weighted by atomic mass is 10.2. The van der Waals surface area contributed by atoms with Crippen LogP contribution in [0.15, 0.2) is 30.5 Å². The van der Waals surface area contributed by atoms with E-state index in [1.54, 1.807) is 45.0 Å². The summed E-state index contributed by atoms with van der Waals surface area (Å²) < 4.78 is 43.0. The Bertz CT molecular complexity index is 790. The van der Waals surface area contributed by atoms with Gasteiger partial charge in [-0.1, -0.05) is 11.6 Å². The zero-order chi connectivity index (χ0) is 19.5. The number of amides is 1. The van der Waals surface area contributed by atoms with E-state index in [2.05, 4.69) is 20.6 Å². The van der Waals surface area contributed by atoms with Crippen LogP contribution in [0.4, 0.5) is 35.3 Å². The van der Waals surface area contributed by atoms with Crippen molar-refractivity contribution in [2.24, 2.45) is 0 Å². The molecule has 2 N–H and O–H groups in total. The van der Waals surface area contributed by atoms with Crippen LogP contribution in [0.25, 0.3) is 0 Å². The highest BCUT2D eigenvalue weighted by Gasteiger charge is 2.34. The summed E-state index contributed by atoms with van der Waals surface area (Å²) in [4.78, 5) is 18.9. The molecule has 140 valence electrons. The van der Waals surface area contributed by atoms with Crippen LogP contribution in [0.3, 0.4) is 0 Å². The van der Waals surface area contributed by atoms with Crippen molar-refractivity contribution in [3.05, 3.63) is 41.2 Å². The number of benzene rings is 1. The van der Waals surface area contributed by atoms with Gasteiger partial charge in [0, 0.05) is 17.6 Å². The number of carbonyl (C=O) groups is 1. The van der Waals surface area contributed by atoms with Crippen LogP contribution in [0.1, 0.15) is 26.3 Å². The fourth-order valence-corrected chi connectivity index (χ4v) is 2.03. The van der Waals surface area contributed by atoms with Crippen LogP contribution in [-0.2, 0) is 10.9 Å². The summed E-state index contributed by atoms with van der Waals surface area (Å²) in [5.41, 5.74) is -0.751. The third-order valence-electron chi connectivity index (χ3n) is 2.83. The van der Waals surface area contributed by atoms with Gasteiger partial charge in [0.2, 0.25) is 5.95 Å². The van der Waals surface area contributed by atoms with Crippen molar-refractivity contribution in [1.29, 1.82) is 0 Å². The van der Waals surface area contributed by atoms with Crippen molar-refractivity contribution in [3.63, 3.8) is 0 Å². The molecular weight excluding hydrogens is 373 g/mol. The molecule has 0 saturated heterocycles. The lowest BCUT2D eigenvalue weighted by Gasteiger charge is -2.19. The highest BCUT2D eigenvalue weighted by Crippen LogP contribution is 2.33. The molecule has 2 rings (SSSR count). The van der Waals surface area contributed by atoms with E-state index in [9.17, 15) is 18.0 Å². The Morgan fingerprint density at radius 3 is 2.19 bits per heavy atom. The first-order valence-electron chi connectivity index (χ1n) is 7.41. The molecule has 1 heterocycles. The summed E-state index contributed by atoms with van der Waals surface area (Å²) in [5.74, 6) is -0.0872. The Labute approximate surface area is 152 Å². The fraction of sp³-hybridized carbons (Fsp3) is 0.312. The lowest BCUT2D eigenvalue weighted by molar-refractivity contribution is -0.137. The number of anilines is 3. The summed E-state index contributed by atoms with van der Waals surface area (Å²) in [6, 6.07) is 6.33. The molecule has 0 spiro atoms. The third kappa shape index (κ3) is 5.76. The molecule has 0 fully saturated rings. The molecule has 26 heavy (non-hydrogen) atoms. The van der Waals surface area contributed by atoms with Crippen molar-refractivity contribution in [3.8, 4) is 0 Å². The number of hydrogen-bond acceptors (Lipinski definition) is 5. The minimum Gasteiger partial charge on any atom is -0.444 e. The normalized spacial score (nSPS) is 11.8. The lowest BCUT2D eigenvalue weighted by Crippen LogP contribution is -2.27. The molecule has 0 aliphatic heterocycles. The van der Waals surface area contributed by atoms with Crippen LogP contribution in [-0.4, -0.2) is 21.7 Å². The third-order valence-corrected chi connectivity index (χ3v) is 3.12. The van der Waals surface area contributed by atoms with E-state index in [-0.39, 0.29) is 5.95 Å². The summed E-state index contributed by atoms with van der Waals surface area (Å²) in [6.07, 6.45) is -4.61. The molecule has 1 aromatic heterocycles. The summed E-state index contributed by atoms with van der Waals surface area (Å²) in [7, 11) is 0. The Balaban J connectivity index is 2.03. The molecule has 6 nitrogen and oxygen atoms in total. The average molecular weight is 389 g/mol.